The Morgan fingerprint density at radius 3 is 2.07 bits per heavy atom. The SMILES string of the molecule is CCC(C)c1ccc(C(=O)C(C)C)cc1. The minimum atomic E-state index is 0.0828. The predicted molar refractivity (Wildman–Crippen MR) is 64.3 cm³/mol. The molecule has 1 rings (SSSR count). The van der Waals surface area contributed by atoms with Crippen LogP contribution in [0.15, 0.2) is 24.3 Å². The predicted octanol–water partition coefficient (Wildman–Crippen LogP) is 4.04. The fraction of sp³-hybridized carbons (Fsp3) is 0.500. The highest BCUT2D eigenvalue weighted by Gasteiger charge is 2.10. The molecule has 0 aliphatic carbocycles. The van der Waals surface area contributed by atoms with Gasteiger partial charge in [0.1, 0.15) is 0 Å². The third-order valence-electron chi connectivity index (χ3n) is 2.90. The maximum Gasteiger partial charge on any atom is 0.165 e. The Kier molecular flexibility index (Phi) is 4.07. The number of hydrogen-bond donors (Lipinski definition) is 0. The number of carbonyl (C=O) groups excluding carboxylic acids is 1. The Morgan fingerprint density at radius 2 is 1.67 bits per heavy atom. The van der Waals surface area contributed by atoms with Gasteiger partial charge in [-0.05, 0) is 17.9 Å². The van der Waals surface area contributed by atoms with Gasteiger partial charge in [-0.25, -0.2) is 0 Å². The molecule has 0 aliphatic rings. The lowest BCUT2D eigenvalue weighted by Gasteiger charge is -2.10. The van der Waals surface area contributed by atoms with Crippen molar-refractivity contribution < 1.29 is 4.79 Å². The van der Waals surface area contributed by atoms with E-state index in [-0.39, 0.29) is 11.7 Å². The van der Waals surface area contributed by atoms with Crippen LogP contribution in [0.2, 0.25) is 0 Å². The van der Waals surface area contributed by atoms with Crippen LogP contribution in [0.4, 0.5) is 0 Å². The van der Waals surface area contributed by atoms with Gasteiger partial charge in [0.05, 0.1) is 0 Å². The van der Waals surface area contributed by atoms with Gasteiger partial charge in [0.2, 0.25) is 0 Å². The lowest BCUT2D eigenvalue weighted by Crippen LogP contribution is -2.07. The number of rotatable bonds is 4. The minimum Gasteiger partial charge on any atom is -0.294 e. The molecule has 0 radical (unpaired) electrons. The molecule has 0 bridgehead atoms. The van der Waals surface area contributed by atoms with Crippen molar-refractivity contribution in [3.8, 4) is 0 Å². The Bertz CT molecular complexity index is 322. The van der Waals surface area contributed by atoms with E-state index in [0.29, 0.717) is 5.92 Å². The topological polar surface area (TPSA) is 17.1 Å². The highest BCUT2D eigenvalue weighted by molar-refractivity contribution is 5.97. The normalized spacial score (nSPS) is 12.9. The van der Waals surface area contributed by atoms with Gasteiger partial charge in [-0.3, -0.25) is 4.79 Å². The fourth-order valence-corrected chi connectivity index (χ4v) is 1.54. The second-order valence-electron chi connectivity index (χ2n) is 4.45. The number of Topliss-reactive ketones (excluding diaryl/α,β-unsaturated/α-hetero) is 1. The zero-order valence-corrected chi connectivity index (χ0v) is 10.1. The molecule has 1 aromatic carbocycles. The average molecular weight is 204 g/mol. The monoisotopic (exact) mass is 204 g/mol. The minimum absolute atomic E-state index is 0.0828. The first-order valence-electron chi connectivity index (χ1n) is 5.70. The average Bonchev–Trinajstić information content (AvgIpc) is 2.27. The molecule has 0 heterocycles. The number of hydrogen-bond acceptors (Lipinski definition) is 1. The van der Waals surface area contributed by atoms with Crippen molar-refractivity contribution in [3.63, 3.8) is 0 Å². The molecule has 0 spiro atoms. The molecule has 15 heavy (non-hydrogen) atoms. The van der Waals surface area contributed by atoms with Crippen LogP contribution in [0.25, 0.3) is 0 Å². The van der Waals surface area contributed by atoms with Crippen molar-refractivity contribution in [2.75, 3.05) is 0 Å². The molecule has 0 fully saturated rings. The van der Waals surface area contributed by atoms with Gasteiger partial charge in [-0.15, -0.1) is 0 Å². The highest BCUT2D eigenvalue weighted by Crippen LogP contribution is 2.19. The van der Waals surface area contributed by atoms with Crippen LogP contribution in [-0.4, -0.2) is 5.78 Å². The van der Waals surface area contributed by atoms with E-state index in [1.54, 1.807) is 0 Å². The van der Waals surface area contributed by atoms with Crippen LogP contribution in [0.1, 0.15) is 56.0 Å². The number of carbonyl (C=O) groups is 1. The zero-order valence-electron chi connectivity index (χ0n) is 10.1. The van der Waals surface area contributed by atoms with Crippen molar-refractivity contribution in [2.45, 2.75) is 40.0 Å². The standard InChI is InChI=1S/C14H20O/c1-5-11(4)12-6-8-13(9-7-12)14(15)10(2)3/h6-11H,5H2,1-4H3. The summed E-state index contributed by atoms with van der Waals surface area (Å²) in [4.78, 5) is 11.7. The summed E-state index contributed by atoms with van der Waals surface area (Å²) in [6, 6.07) is 8.04. The summed E-state index contributed by atoms with van der Waals surface area (Å²) in [7, 11) is 0. The summed E-state index contributed by atoms with van der Waals surface area (Å²) < 4.78 is 0. The summed E-state index contributed by atoms with van der Waals surface area (Å²) in [5.41, 5.74) is 2.15. The Labute approximate surface area is 92.5 Å². The molecule has 1 heteroatoms. The Hall–Kier alpha value is -1.11. The van der Waals surface area contributed by atoms with Gasteiger partial charge in [-0.1, -0.05) is 52.0 Å². The zero-order chi connectivity index (χ0) is 11.4. The number of benzene rings is 1. The quantitative estimate of drug-likeness (QED) is 0.676. The van der Waals surface area contributed by atoms with Crippen molar-refractivity contribution >= 4 is 5.78 Å². The van der Waals surface area contributed by atoms with Crippen molar-refractivity contribution in [3.05, 3.63) is 35.4 Å². The molecule has 0 amide bonds. The second kappa shape index (κ2) is 5.11. The van der Waals surface area contributed by atoms with Crippen LogP contribution in [-0.2, 0) is 0 Å². The smallest absolute Gasteiger partial charge is 0.165 e. The van der Waals surface area contributed by atoms with E-state index in [1.807, 2.05) is 26.0 Å². The van der Waals surface area contributed by atoms with Gasteiger partial charge < -0.3 is 0 Å². The van der Waals surface area contributed by atoms with E-state index in [4.69, 9.17) is 0 Å². The molecule has 0 aromatic heterocycles. The lowest BCUT2D eigenvalue weighted by atomic mass is 9.95. The maximum atomic E-state index is 11.7. The van der Waals surface area contributed by atoms with Crippen LogP contribution < -0.4 is 0 Å². The summed E-state index contributed by atoms with van der Waals surface area (Å²) in [5, 5.41) is 0. The van der Waals surface area contributed by atoms with Crippen molar-refractivity contribution in [1.29, 1.82) is 0 Å². The van der Waals surface area contributed by atoms with Gasteiger partial charge >= 0.3 is 0 Å². The van der Waals surface area contributed by atoms with Crippen molar-refractivity contribution in [1.82, 2.24) is 0 Å². The number of ketones is 1. The molecule has 0 N–H and O–H groups in total. The van der Waals surface area contributed by atoms with Crippen molar-refractivity contribution in [2.24, 2.45) is 5.92 Å². The molecule has 1 unspecified atom stereocenters. The van der Waals surface area contributed by atoms with E-state index < -0.39 is 0 Å². The van der Waals surface area contributed by atoms with E-state index in [9.17, 15) is 4.79 Å². The first-order chi connectivity index (χ1) is 7.06. The van der Waals surface area contributed by atoms with Gasteiger partial charge in [0, 0.05) is 11.5 Å². The summed E-state index contributed by atoms with van der Waals surface area (Å²) in [6.45, 7) is 8.26. The fourth-order valence-electron chi connectivity index (χ4n) is 1.54. The molecule has 0 saturated heterocycles. The van der Waals surface area contributed by atoms with Crippen LogP contribution >= 0.6 is 0 Å². The van der Waals surface area contributed by atoms with Gasteiger partial charge in [0.25, 0.3) is 0 Å². The third-order valence-corrected chi connectivity index (χ3v) is 2.90. The molecule has 1 nitrogen and oxygen atoms in total. The molecule has 0 aliphatic heterocycles. The molecule has 0 saturated carbocycles. The second-order valence-corrected chi connectivity index (χ2v) is 4.45. The Balaban J connectivity index is 2.85. The molecule has 82 valence electrons. The first-order valence-corrected chi connectivity index (χ1v) is 5.70. The highest BCUT2D eigenvalue weighted by atomic mass is 16.1. The summed E-state index contributed by atoms with van der Waals surface area (Å²) >= 11 is 0. The van der Waals surface area contributed by atoms with Crippen LogP contribution in [0.3, 0.4) is 0 Å². The summed E-state index contributed by atoms with van der Waals surface area (Å²) in [5.74, 6) is 0.887. The van der Waals surface area contributed by atoms with Crippen LogP contribution in [0.5, 0.6) is 0 Å². The largest absolute Gasteiger partial charge is 0.294 e. The molecule has 1 atom stereocenters. The van der Waals surface area contributed by atoms with Gasteiger partial charge in [-0.2, -0.15) is 0 Å². The maximum absolute atomic E-state index is 11.7. The summed E-state index contributed by atoms with van der Waals surface area (Å²) in [6.07, 6.45) is 1.14. The lowest BCUT2D eigenvalue weighted by molar-refractivity contribution is 0.0939. The van der Waals surface area contributed by atoms with Gasteiger partial charge in [0.15, 0.2) is 5.78 Å². The first kappa shape index (κ1) is 12.0. The third kappa shape index (κ3) is 2.92. The van der Waals surface area contributed by atoms with E-state index in [2.05, 4.69) is 26.0 Å². The van der Waals surface area contributed by atoms with E-state index >= 15 is 0 Å². The molecular formula is C14H20O. The van der Waals surface area contributed by atoms with Crippen LogP contribution in [0, 0.1) is 5.92 Å². The van der Waals surface area contributed by atoms with E-state index in [1.165, 1.54) is 5.56 Å². The molecule has 1 aromatic rings. The molecular weight excluding hydrogens is 184 g/mol. The van der Waals surface area contributed by atoms with E-state index in [0.717, 1.165) is 12.0 Å². The Morgan fingerprint density at radius 1 is 1.13 bits per heavy atom.